The predicted octanol–water partition coefficient (Wildman–Crippen LogP) is 2.15. The van der Waals surface area contributed by atoms with Crippen LogP contribution in [0.15, 0.2) is 22.7 Å². The van der Waals surface area contributed by atoms with Crippen molar-refractivity contribution in [3.05, 3.63) is 28.2 Å². The standard InChI is InChI=1S/C7H6BrNO2.ClH/c8-6-4(7(10)11)2-1-3-5(6)9;/h1-3H,9H2,(H,10,11);1H. The Hall–Kier alpha value is -0.740. The van der Waals surface area contributed by atoms with Crippen molar-refractivity contribution >= 4 is 40.0 Å². The molecule has 1 rings (SSSR count). The monoisotopic (exact) mass is 251 g/mol. The van der Waals surface area contributed by atoms with Gasteiger partial charge in [0, 0.05) is 5.69 Å². The summed E-state index contributed by atoms with van der Waals surface area (Å²) < 4.78 is 0.438. The average Bonchev–Trinajstić information content (AvgIpc) is 1.94. The Morgan fingerprint density at radius 1 is 1.50 bits per heavy atom. The van der Waals surface area contributed by atoms with Gasteiger partial charge in [-0.25, -0.2) is 4.79 Å². The van der Waals surface area contributed by atoms with E-state index in [1.165, 1.54) is 6.07 Å². The van der Waals surface area contributed by atoms with Crippen LogP contribution in [0.25, 0.3) is 0 Å². The summed E-state index contributed by atoms with van der Waals surface area (Å²) in [5.74, 6) is -0.982. The molecule has 0 saturated carbocycles. The van der Waals surface area contributed by atoms with Gasteiger partial charge in [0.1, 0.15) is 0 Å². The fourth-order valence-electron chi connectivity index (χ4n) is 0.715. The molecule has 0 fully saturated rings. The molecule has 0 aliphatic carbocycles. The first-order valence-electron chi connectivity index (χ1n) is 2.90. The van der Waals surface area contributed by atoms with Crippen LogP contribution in [0.1, 0.15) is 10.4 Å². The van der Waals surface area contributed by atoms with Crippen LogP contribution in [-0.4, -0.2) is 11.1 Å². The SMILES string of the molecule is Cl.Nc1cccc(C(=O)O)c1Br. The van der Waals surface area contributed by atoms with E-state index >= 15 is 0 Å². The number of nitrogen functional groups attached to an aromatic ring is 1. The Bertz CT molecular complexity index is 303. The van der Waals surface area contributed by atoms with Gasteiger partial charge < -0.3 is 10.8 Å². The summed E-state index contributed by atoms with van der Waals surface area (Å²) in [6.45, 7) is 0. The Balaban J connectivity index is 0.00000121. The van der Waals surface area contributed by atoms with E-state index in [4.69, 9.17) is 10.8 Å². The number of carbonyl (C=O) groups is 1. The van der Waals surface area contributed by atoms with Crippen LogP contribution in [0.2, 0.25) is 0 Å². The zero-order valence-electron chi connectivity index (χ0n) is 5.95. The lowest BCUT2D eigenvalue weighted by Crippen LogP contribution is -1.99. The molecule has 0 unspecified atom stereocenters. The highest BCUT2D eigenvalue weighted by molar-refractivity contribution is 9.10. The molecule has 0 aromatic heterocycles. The van der Waals surface area contributed by atoms with E-state index in [-0.39, 0.29) is 18.0 Å². The van der Waals surface area contributed by atoms with Gasteiger partial charge in [0.25, 0.3) is 0 Å². The summed E-state index contributed by atoms with van der Waals surface area (Å²) in [6, 6.07) is 4.73. The normalized spacial score (nSPS) is 8.75. The van der Waals surface area contributed by atoms with Crippen LogP contribution in [0.3, 0.4) is 0 Å². The summed E-state index contributed by atoms with van der Waals surface area (Å²) in [4.78, 5) is 10.5. The summed E-state index contributed by atoms with van der Waals surface area (Å²) in [5.41, 5.74) is 6.07. The summed E-state index contributed by atoms with van der Waals surface area (Å²) in [7, 11) is 0. The molecule has 0 radical (unpaired) electrons. The average molecular weight is 252 g/mol. The van der Waals surface area contributed by atoms with Crippen molar-refractivity contribution in [1.82, 2.24) is 0 Å². The van der Waals surface area contributed by atoms with E-state index in [1.54, 1.807) is 12.1 Å². The lowest BCUT2D eigenvalue weighted by Gasteiger charge is -2.00. The van der Waals surface area contributed by atoms with Gasteiger partial charge in [-0.1, -0.05) is 6.07 Å². The van der Waals surface area contributed by atoms with Crippen molar-refractivity contribution in [2.45, 2.75) is 0 Å². The highest BCUT2D eigenvalue weighted by Crippen LogP contribution is 2.23. The fourth-order valence-corrected chi connectivity index (χ4v) is 1.15. The molecule has 0 spiro atoms. The number of aromatic carboxylic acids is 1. The second-order valence-electron chi connectivity index (χ2n) is 2.01. The molecule has 0 saturated heterocycles. The van der Waals surface area contributed by atoms with E-state index in [0.717, 1.165) is 0 Å². The third kappa shape index (κ3) is 2.12. The van der Waals surface area contributed by atoms with Crippen molar-refractivity contribution in [3.8, 4) is 0 Å². The molecular formula is C7H7BrClNO2. The Kier molecular flexibility index (Phi) is 4.06. The second-order valence-corrected chi connectivity index (χ2v) is 2.81. The highest BCUT2D eigenvalue weighted by Gasteiger charge is 2.08. The van der Waals surface area contributed by atoms with Crippen LogP contribution >= 0.6 is 28.3 Å². The lowest BCUT2D eigenvalue weighted by molar-refractivity contribution is 0.0696. The number of hydrogen-bond acceptors (Lipinski definition) is 2. The number of carboxylic acid groups (broad SMARTS) is 1. The van der Waals surface area contributed by atoms with Crippen LogP contribution < -0.4 is 5.73 Å². The zero-order valence-corrected chi connectivity index (χ0v) is 8.35. The predicted molar refractivity (Wildman–Crippen MR) is 52.8 cm³/mol. The smallest absolute Gasteiger partial charge is 0.336 e. The minimum Gasteiger partial charge on any atom is -0.478 e. The van der Waals surface area contributed by atoms with Gasteiger partial charge in [-0.2, -0.15) is 0 Å². The van der Waals surface area contributed by atoms with Crippen molar-refractivity contribution in [1.29, 1.82) is 0 Å². The van der Waals surface area contributed by atoms with Crippen molar-refractivity contribution in [3.63, 3.8) is 0 Å². The number of benzene rings is 1. The van der Waals surface area contributed by atoms with Gasteiger partial charge in [0.2, 0.25) is 0 Å². The second kappa shape index (κ2) is 4.33. The van der Waals surface area contributed by atoms with Gasteiger partial charge >= 0.3 is 5.97 Å². The molecule has 0 aliphatic rings. The van der Waals surface area contributed by atoms with E-state index in [2.05, 4.69) is 15.9 Å². The van der Waals surface area contributed by atoms with Crippen molar-refractivity contribution < 1.29 is 9.90 Å². The van der Waals surface area contributed by atoms with Crippen molar-refractivity contribution in [2.24, 2.45) is 0 Å². The van der Waals surface area contributed by atoms with E-state index < -0.39 is 5.97 Å². The number of anilines is 1. The molecular weight excluding hydrogens is 245 g/mol. The minimum absolute atomic E-state index is 0. The third-order valence-corrected chi connectivity index (χ3v) is 2.14. The molecule has 66 valence electrons. The molecule has 3 N–H and O–H groups in total. The molecule has 3 nitrogen and oxygen atoms in total. The first kappa shape index (κ1) is 11.3. The highest BCUT2D eigenvalue weighted by atomic mass is 79.9. The Morgan fingerprint density at radius 2 is 2.08 bits per heavy atom. The van der Waals surface area contributed by atoms with Gasteiger partial charge in [-0.05, 0) is 28.1 Å². The van der Waals surface area contributed by atoms with E-state index in [9.17, 15) is 4.79 Å². The number of hydrogen-bond donors (Lipinski definition) is 2. The van der Waals surface area contributed by atoms with Crippen molar-refractivity contribution in [2.75, 3.05) is 5.73 Å². The number of halogens is 2. The van der Waals surface area contributed by atoms with Crippen LogP contribution in [-0.2, 0) is 0 Å². The van der Waals surface area contributed by atoms with Gasteiger partial charge in [-0.3, -0.25) is 0 Å². The first-order chi connectivity index (χ1) is 5.13. The quantitative estimate of drug-likeness (QED) is 0.753. The number of nitrogens with two attached hydrogens (primary N) is 1. The van der Waals surface area contributed by atoms with Gasteiger partial charge in [0.15, 0.2) is 0 Å². The van der Waals surface area contributed by atoms with Crippen LogP contribution in [0, 0.1) is 0 Å². The maximum atomic E-state index is 10.5. The van der Waals surface area contributed by atoms with Crippen LogP contribution in [0.4, 0.5) is 5.69 Å². The first-order valence-corrected chi connectivity index (χ1v) is 3.69. The largest absolute Gasteiger partial charge is 0.478 e. The summed E-state index contributed by atoms with van der Waals surface area (Å²) in [6.07, 6.45) is 0. The molecule has 12 heavy (non-hydrogen) atoms. The fraction of sp³-hybridized carbons (Fsp3) is 0. The third-order valence-electron chi connectivity index (χ3n) is 1.26. The Labute approximate surface area is 84.1 Å². The van der Waals surface area contributed by atoms with Gasteiger partial charge in [0.05, 0.1) is 10.0 Å². The number of rotatable bonds is 1. The maximum Gasteiger partial charge on any atom is 0.336 e. The molecule has 0 amide bonds. The maximum absolute atomic E-state index is 10.5. The number of carboxylic acids is 1. The summed E-state index contributed by atoms with van der Waals surface area (Å²) in [5, 5.41) is 8.60. The van der Waals surface area contributed by atoms with E-state index in [0.29, 0.717) is 10.2 Å². The zero-order chi connectivity index (χ0) is 8.43. The van der Waals surface area contributed by atoms with Crippen LogP contribution in [0.5, 0.6) is 0 Å². The molecule has 1 aromatic rings. The minimum atomic E-state index is -0.982. The molecule has 0 aliphatic heterocycles. The Morgan fingerprint density at radius 3 is 2.50 bits per heavy atom. The summed E-state index contributed by atoms with van der Waals surface area (Å²) >= 11 is 3.07. The topological polar surface area (TPSA) is 63.3 Å². The van der Waals surface area contributed by atoms with E-state index in [1.807, 2.05) is 0 Å². The molecule has 5 heteroatoms. The lowest BCUT2D eigenvalue weighted by atomic mass is 10.2. The molecule has 0 heterocycles. The molecule has 0 bridgehead atoms. The van der Waals surface area contributed by atoms with Gasteiger partial charge in [-0.15, -0.1) is 12.4 Å². The molecule has 0 atom stereocenters. The molecule has 1 aromatic carbocycles.